The van der Waals surface area contributed by atoms with Crippen LogP contribution in [0.15, 0.2) is 29.2 Å². The van der Waals surface area contributed by atoms with Gasteiger partial charge >= 0.3 is 0 Å². The number of ether oxygens (including phenoxy) is 1. The van der Waals surface area contributed by atoms with Gasteiger partial charge in [-0.25, -0.2) is 0 Å². The topological polar surface area (TPSA) is 68.1 Å². The highest BCUT2D eigenvalue weighted by Gasteiger charge is 2.48. The van der Waals surface area contributed by atoms with Gasteiger partial charge in [-0.3, -0.25) is 4.79 Å². The Kier molecular flexibility index (Phi) is 4.67. The third-order valence-corrected chi connectivity index (χ3v) is 7.57. The monoisotopic (exact) mass is 400 g/mol. The number of fused-ring (bicyclic) bond motifs is 1. The Hall–Kier alpha value is -1.52. The summed E-state index contributed by atoms with van der Waals surface area (Å²) < 4.78 is 6.32. The number of nitrogens with one attached hydrogen (secondary N) is 1. The van der Waals surface area contributed by atoms with Gasteiger partial charge < -0.3 is 15.5 Å². The Morgan fingerprint density at radius 1 is 1.18 bits per heavy atom. The molecule has 3 aliphatic carbocycles. The maximum Gasteiger partial charge on any atom is 0.255 e. The third kappa shape index (κ3) is 3.57. The first-order chi connectivity index (χ1) is 13.5. The number of benzene rings is 1. The number of pyridine rings is 1. The van der Waals surface area contributed by atoms with Crippen molar-refractivity contribution in [1.29, 1.82) is 0 Å². The van der Waals surface area contributed by atoms with Gasteiger partial charge in [-0.15, -0.1) is 0 Å². The lowest BCUT2D eigenvalue weighted by atomic mass is 9.64. The zero-order chi connectivity index (χ0) is 19.3. The number of nitrogens with two attached hydrogens (primary N) is 1. The van der Waals surface area contributed by atoms with E-state index in [0.717, 1.165) is 42.9 Å². The lowest BCUT2D eigenvalue weighted by Gasteiger charge is -2.45. The average Bonchev–Trinajstić information content (AvgIpc) is 3.59. The number of aromatic amines is 1. The molecule has 0 aliphatic heterocycles. The van der Waals surface area contributed by atoms with Crippen molar-refractivity contribution in [2.24, 2.45) is 23.0 Å². The van der Waals surface area contributed by atoms with Gasteiger partial charge in [0.25, 0.3) is 5.56 Å². The SMILES string of the molecule is N[C@@H](C1CC1)[C@]1(CC2CC2)CC[C@@H](Oc2cc3cc[nH]c(=O)c3cc2Cl)CC1. The summed E-state index contributed by atoms with van der Waals surface area (Å²) in [6, 6.07) is 5.87. The van der Waals surface area contributed by atoms with E-state index < -0.39 is 0 Å². The van der Waals surface area contributed by atoms with Crippen molar-refractivity contribution in [2.75, 3.05) is 0 Å². The quantitative estimate of drug-likeness (QED) is 0.714. The number of hydrogen-bond donors (Lipinski definition) is 2. The van der Waals surface area contributed by atoms with Crippen LogP contribution in [0.3, 0.4) is 0 Å². The molecule has 0 bridgehead atoms. The molecular weight excluding hydrogens is 372 g/mol. The minimum absolute atomic E-state index is 0.123. The molecular formula is C23H29ClN2O2. The Balaban J connectivity index is 1.30. The summed E-state index contributed by atoms with van der Waals surface area (Å²) in [6.07, 6.45) is 13.0. The van der Waals surface area contributed by atoms with Crippen LogP contribution in [0.1, 0.15) is 57.8 Å². The molecule has 5 rings (SSSR count). The Morgan fingerprint density at radius 3 is 2.61 bits per heavy atom. The molecule has 0 amide bonds. The van der Waals surface area contributed by atoms with E-state index in [9.17, 15) is 4.79 Å². The van der Waals surface area contributed by atoms with E-state index in [4.69, 9.17) is 22.1 Å². The molecule has 1 aromatic heterocycles. The Morgan fingerprint density at radius 2 is 1.93 bits per heavy atom. The predicted molar refractivity (Wildman–Crippen MR) is 113 cm³/mol. The molecule has 1 heterocycles. The van der Waals surface area contributed by atoms with Crippen molar-refractivity contribution in [3.63, 3.8) is 0 Å². The second-order valence-electron chi connectivity index (χ2n) is 9.37. The fraction of sp³-hybridized carbons (Fsp3) is 0.609. The molecule has 3 saturated carbocycles. The van der Waals surface area contributed by atoms with Gasteiger partial charge in [0.2, 0.25) is 0 Å². The van der Waals surface area contributed by atoms with Crippen molar-refractivity contribution in [1.82, 2.24) is 4.98 Å². The van der Waals surface area contributed by atoms with E-state index in [-0.39, 0.29) is 11.7 Å². The van der Waals surface area contributed by atoms with Crippen LogP contribution in [0, 0.1) is 17.3 Å². The van der Waals surface area contributed by atoms with Crippen LogP contribution in [-0.4, -0.2) is 17.1 Å². The van der Waals surface area contributed by atoms with E-state index in [1.165, 1.54) is 32.1 Å². The van der Waals surface area contributed by atoms with Gasteiger partial charge in [0.05, 0.1) is 11.1 Å². The fourth-order valence-electron chi connectivity index (χ4n) is 5.27. The van der Waals surface area contributed by atoms with Gasteiger partial charge in [0.15, 0.2) is 0 Å². The summed E-state index contributed by atoms with van der Waals surface area (Å²) >= 11 is 6.43. The number of halogens is 1. The van der Waals surface area contributed by atoms with Crippen LogP contribution < -0.4 is 16.0 Å². The van der Waals surface area contributed by atoms with E-state index in [1.807, 2.05) is 12.1 Å². The van der Waals surface area contributed by atoms with E-state index >= 15 is 0 Å². The highest BCUT2D eigenvalue weighted by molar-refractivity contribution is 6.32. The molecule has 0 radical (unpaired) electrons. The molecule has 5 heteroatoms. The molecule has 0 saturated heterocycles. The molecule has 0 unspecified atom stereocenters. The van der Waals surface area contributed by atoms with Gasteiger partial charge in [0.1, 0.15) is 5.75 Å². The number of rotatable bonds is 6. The van der Waals surface area contributed by atoms with Crippen LogP contribution in [0.5, 0.6) is 5.75 Å². The first-order valence-corrected chi connectivity index (χ1v) is 11.2. The zero-order valence-electron chi connectivity index (χ0n) is 16.3. The molecule has 1 aromatic carbocycles. The molecule has 2 aromatic rings. The minimum atomic E-state index is -0.123. The van der Waals surface area contributed by atoms with Crippen LogP contribution >= 0.6 is 11.6 Å². The Labute approximate surface area is 170 Å². The van der Waals surface area contributed by atoms with Crippen LogP contribution in [-0.2, 0) is 0 Å². The number of H-pyrrole nitrogens is 1. The standard InChI is InChI=1S/C23H29ClN2O2/c24-19-12-18-16(7-10-26-22(18)27)11-20(19)28-17-5-8-23(9-6-17,13-14-1-2-14)21(25)15-3-4-15/h7,10-12,14-15,17,21H,1-6,8-9,13,25H2,(H,26,27)/t17-,21-,23-/m0/s1. The molecule has 28 heavy (non-hydrogen) atoms. The van der Waals surface area contributed by atoms with Crippen molar-refractivity contribution in [2.45, 2.75) is 69.9 Å². The zero-order valence-corrected chi connectivity index (χ0v) is 17.0. The molecule has 3 aliphatic rings. The highest BCUT2D eigenvalue weighted by Crippen LogP contribution is 2.54. The fourth-order valence-corrected chi connectivity index (χ4v) is 5.48. The van der Waals surface area contributed by atoms with Gasteiger partial charge in [0, 0.05) is 17.6 Å². The van der Waals surface area contributed by atoms with Gasteiger partial charge in [-0.05, 0) is 85.8 Å². The van der Waals surface area contributed by atoms with Crippen LogP contribution in [0.2, 0.25) is 5.02 Å². The van der Waals surface area contributed by atoms with Crippen molar-refractivity contribution in [3.8, 4) is 5.75 Å². The largest absolute Gasteiger partial charge is 0.489 e. The summed E-state index contributed by atoms with van der Waals surface area (Å²) in [5.41, 5.74) is 6.97. The van der Waals surface area contributed by atoms with Gasteiger partial charge in [-0.1, -0.05) is 24.4 Å². The summed E-state index contributed by atoms with van der Waals surface area (Å²) in [4.78, 5) is 14.6. The van der Waals surface area contributed by atoms with E-state index in [1.54, 1.807) is 12.3 Å². The first kappa shape index (κ1) is 18.5. The molecule has 3 fully saturated rings. The number of hydrogen-bond acceptors (Lipinski definition) is 3. The van der Waals surface area contributed by atoms with E-state index in [0.29, 0.717) is 27.6 Å². The molecule has 3 N–H and O–H groups in total. The van der Waals surface area contributed by atoms with Crippen molar-refractivity contribution >= 4 is 22.4 Å². The van der Waals surface area contributed by atoms with Crippen LogP contribution in [0.4, 0.5) is 0 Å². The summed E-state index contributed by atoms with van der Waals surface area (Å²) in [6.45, 7) is 0. The molecule has 0 spiro atoms. The average molecular weight is 401 g/mol. The van der Waals surface area contributed by atoms with Crippen LogP contribution in [0.25, 0.3) is 10.8 Å². The summed E-state index contributed by atoms with van der Waals surface area (Å²) in [5.74, 6) is 2.35. The van der Waals surface area contributed by atoms with E-state index in [2.05, 4.69) is 4.98 Å². The summed E-state index contributed by atoms with van der Waals surface area (Å²) in [7, 11) is 0. The van der Waals surface area contributed by atoms with Crippen molar-refractivity contribution in [3.05, 3.63) is 39.8 Å². The second-order valence-corrected chi connectivity index (χ2v) is 9.77. The second kappa shape index (κ2) is 7.07. The highest BCUT2D eigenvalue weighted by atomic mass is 35.5. The third-order valence-electron chi connectivity index (χ3n) is 7.28. The van der Waals surface area contributed by atoms with Crippen molar-refractivity contribution < 1.29 is 4.74 Å². The first-order valence-electron chi connectivity index (χ1n) is 10.8. The normalized spacial score (nSPS) is 29.0. The molecule has 4 nitrogen and oxygen atoms in total. The predicted octanol–water partition coefficient (Wildman–Crippen LogP) is 5.03. The smallest absolute Gasteiger partial charge is 0.255 e. The number of aromatic nitrogens is 1. The maximum atomic E-state index is 12.0. The molecule has 1 atom stereocenters. The lowest BCUT2D eigenvalue weighted by molar-refractivity contribution is 0.0447. The Bertz CT molecular complexity index is 924. The molecule has 150 valence electrons. The minimum Gasteiger partial charge on any atom is -0.489 e. The van der Waals surface area contributed by atoms with Gasteiger partial charge in [-0.2, -0.15) is 0 Å². The summed E-state index contributed by atoms with van der Waals surface area (Å²) in [5, 5.41) is 1.97. The maximum absolute atomic E-state index is 12.0. The lowest BCUT2D eigenvalue weighted by Crippen LogP contribution is -2.47.